The number of carbonyl (C=O) groups is 1. The van der Waals surface area contributed by atoms with Gasteiger partial charge in [0.05, 0.1) is 0 Å². The molecule has 0 aromatic heterocycles. The Hall–Kier alpha value is -1.03. The maximum absolute atomic E-state index is 10.4. The number of benzene rings is 1. The Balaban J connectivity index is 2.39. The van der Waals surface area contributed by atoms with Gasteiger partial charge in [-0.3, -0.25) is 4.79 Å². The van der Waals surface area contributed by atoms with E-state index in [2.05, 4.69) is 15.9 Å². The molecule has 1 aromatic carbocycles. The molecule has 1 atom stereocenters. The predicted octanol–water partition coefficient (Wildman–Crippen LogP) is 1.91. The van der Waals surface area contributed by atoms with E-state index in [4.69, 9.17) is 9.84 Å². The van der Waals surface area contributed by atoms with Crippen LogP contribution in [0.2, 0.25) is 0 Å². The number of alkyl halides is 1. The van der Waals surface area contributed by atoms with Crippen LogP contribution in [0.5, 0.6) is 5.75 Å². The highest BCUT2D eigenvalue weighted by molar-refractivity contribution is 9.10. The van der Waals surface area contributed by atoms with Crippen molar-refractivity contribution in [2.24, 2.45) is 0 Å². The summed E-state index contributed by atoms with van der Waals surface area (Å²) < 4.78 is 5.20. The Morgan fingerprint density at radius 1 is 1.46 bits per heavy atom. The van der Waals surface area contributed by atoms with Crippen LogP contribution in [0.3, 0.4) is 0 Å². The lowest BCUT2D eigenvalue weighted by atomic mass is 10.3. The van der Waals surface area contributed by atoms with Crippen LogP contribution < -0.4 is 4.74 Å². The zero-order chi connectivity index (χ0) is 9.68. The summed E-state index contributed by atoms with van der Waals surface area (Å²) in [6.45, 7) is 0.124. The summed E-state index contributed by atoms with van der Waals surface area (Å²) in [7, 11) is 0. The topological polar surface area (TPSA) is 46.5 Å². The van der Waals surface area contributed by atoms with Crippen LogP contribution in [0.25, 0.3) is 0 Å². The van der Waals surface area contributed by atoms with Crippen LogP contribution in [-0.2, 0) is 4.79 Å². The SMILES string of the molecule is O=C(O)[C@@H](Br)COc1ccccc1. The van der Waals surface area contributed by atoms with Crippen molar-refractivity contribution in [3.8, 4) is 5.75 Å². The first-order valence-electron chi connectivity index (χ1n) is 3.75. The van der Waals surface area contributed by atoms with Crippen molar-refractivity contribution in [3.63, 3.8) is 0 Å². The van der Waals surface area contributed by atoms with E-state index >= 15 is 0 Å². The van der Waals surface area contributed by atoms with Gasteiger partial charge >= 0.3 is 5.97 Å². The highest BCUT2D eigenvalue weighted by atomic mass is 79.9. The maximum Gasteiger partial charge on any atom is 0.320 e. The van der Waals surface area contributed by atoms with Gasteiger partial charge < -0.3 is 9.84 Å². The number of halogens is 1. The zero-order valence-electron chi connectivity index (χ0n) is 6.81. The molecule has 0 aliphatic heterocycles. The monoisotopic (exact) mass is 244 g/mol. The van der Waals surface area contributed by atoms with E-state index in [1.54, 1.807) is 12.1 Å². The predicted molar refractivity (Wildman–Crippen MR) is 52.3 cm³/mol. The molecule has 0 aliphatic rings. The van der Waals surface area contributed by atoms with Crippen molar-refractivity contribution >= 4 is 21.9 Å². The van der Waals surface area contributed by atoms with Crippen LogP contribution in [0.1, 0.15) is 0 Å². The van der Waals surface area contributed by atoms with Crippen molar-refractivity contribution in [3.05, 3.63) is 30.3 Å². The second-order valence-corrected chi connectivity index (χ2v) is 3.54. The van der Waals surface area contributed by atoms with Gasteiger partial charge in [-0.2, -0.15) is 0 Å². The minimum Gasteiger partial charge on any atom is -0.492 e. The van der Waals surface area contributed by atoms with Crippen LogP contribution in [0.15, 0.2) is 30.3 Å². The molecule has 0 unspecified atom stereocenters. The van der Waals surface area contributed by atoms with Gasteiger partial charge in [0, 0.05) is 0 Å². The first-order chi connectivity index (χ1) is 6.20. The average molecular weight is 245 g/mol. The van der Waals surface area contributed by atoms with Gasteiger partial charge in [0.15, 0.2) is 0 Å². The van der Waals surface area contributed by atoms with E-state index in [0.29, 0.717) is 5.75 Å². The van der Waals surface area contributed by atoms with Crippen LogP contribution in [-0.4, -0.2) is 22.5 Å². The van der Waals surface area contributed by atoms with Crippen molar-refractivity contribution in [1.29, 1.82) is 0 Å². The minimum absolute atomic E-state index is 0.124. The van der Waals surface area contributed by atoms with Gasteiger partial charge in [-0.1, -0.05) is 34.1 Å². The fourth-order valence-corrected chi connectivity index (χ4v) is 0.890. The summed E-state index contributed by atoms with van der Waals surface area (Å²) in [4.78, 5) is 9.73. The van der Waals surface area contributed by atoms with E-state index < -0.39 is 10.8 Å². The molecule has 13 heavy (non-hydrogen) atoms. The van der Waals surface area contributed by atoms with Crippen molar-refractivity contribution in [1.82, 2.24) is 0 Å². The molecule has 0 bridgehead atoms. The molecule has 0 radical (unpaired) electrons. The fourth-order valence-electron chi connectivity index (χ4n) is 0.757. The number of rotatable bonds is 4. The molecule has 3 nitrogen and oxygen atoms in total. The molecule has 0 amide bonds. The van der Waals surface area contributed by atoms with Gasteiger partial charge in [0.2, 0.25) is 0 Å². The van der Waals surface area contributed by atoms with Gasteiger partial charge in [0.25, 0.3) is 0 Å². The molecule has 0 spiro atoms. The molecular weight excluding hydrogens is 236 g/mol. The molecule has 1 aromatic rings. The molecule has 4 heteroatoms. The van der Waals surface area contributed by atoms with Crippen LogP contribution >= 0.6 is 15.9 Å². The van der Waals surface area contributed by atoms with Gasteiger partial charge in [-0.25, -0.2) is 0 Å². The van der Waals surface area contributed by atoms with Crippen molar-refractivity contribution in [2.75, 3.05) is 6.61 Å². The molecule has 0 aliphatic carbocycles. The van der Waals surface area contributed by atoms with E-state index in [9.17, 15) is 4.79 Å². The van der Waals surface area contributed by atoms with E-state index in [1.165, 1.54) is 0 Å². The largest absolute Gasteiger partial charge is 0.492 e. The lowest BCUT2D eigenvalue weighted by molar-refractivity contribution is -0.136. The average Bonchev–Trinajstić information content (AvgIpc) is 2.15. The minimum atomic E-state index is -0.920. The zero-order valence-corrected chi connectivity index (χ0v) is 8.40. The lowest BCUT2D eigenvalue weighted by Gasteiger charge is -2.07. The second-order valence-electron chi connectivity index (χ2n) is 2.43. The maximum atomic E-state index is 10.4. The summed E-state index contributed by atoms with van der Waals surface area (Å²) >= 11 is 2.98. The Bertz CT molecular complexity index is 273. The van der Waals surface area contributed by atoms with E-state index in [-0.39, 0.29) is 6.61 Å². The fraction of sp³-hybridized carbons (Fsp3) is 0.222. The molecule has 0 heterocycles. The summed E-state index contributed by atoms with van der Waals surface area (Å²) in [5, 5.41) is 8.53. The third-order valence-electron chi connectivity index (χ3n) is 1.41. The van der Waals surface area contributed by atoms with Gasteiger partial charge in [0.1, 0.15) is 17.2 Å². The van der Waals surface area contributed by atoms with Gasteiger partial charge in [-0.15, -0.1) is 0 Å². The Morgan fingerprint density at radius 2 is 2.08 bits per heavy atom. The quantitative estimate of drug-likeness (QED) is 0.824. The Kier molecular flexibility index (Phi) is 3.76. The standard InChI is InChI=1S/C9H9BrO3/c10-8(9(11)12)6-13-7-4-2-1-3-5-7/h1-5,8H,6H2,(H,11,12)/t8-/m0/s1. The number of aliphatic carboxylic acids is 1. The number of hydrogen-bond donors (Lipinski definition) is 1. The van der Waals surface area contributed by atoms with Crippen LogP contribution in [0.4, 0.5) is 0 Å². The molecule has 70 valence electrons. The van der Waals surface area contributed by atoms with Gasteiger partial charge in [-0.05, 0) is 12.1 Å². The number of ether oxygens (including phenoxy) is 1. The molecule has 0 saturated heterocycles. The summed E-state index contributed by atoms with van der Waals surface area (Å²) in [5.41, 5.74) is 0. The van der Waals surface area contributed by atoms with E-state index in [1.807, 2.05) is 18.2 Å². The summed E-state index contributed by atoms with van der Waals surface area (Å²) in [6, 6.07) is 9.09. The Labute approximate surface area is 84.5 Å². The molecular formula is C9H9BrO3. The highest BCUT2D eigenvalue weighted by Gasteiger charge is 2.13. The normalized spacial score (nSPS) is 12.1. The summed E-state index contributed by atoms with van der Waals surface area (Å²) in [6.07, 6.45) is 0. The highest BCUT2D eigenvalue weighted by Crippen LogP contribution is 2.10. The number of para-hydroxylation sites is 1. The second kappa shape index (κ2) is 4.87. The third-order valence-corrected chi connectivity index (χ3v) is 2.06. The number of carboxylic acid groups (broad SMARTS) is 1. The molecule has 0 saturated carbocycles. The molecule has 0 fully saturated rings. The first kappa shape index (κ1) is 10.1. The number of hydrogen-bond acceptors (Lipinski definition) is 2. The number of carboxylic acids is 1. The van der Waals surface area contributed by atoms with E-state index in [0.717, 1.165) is 0 Å². The van der Waals surface area contributed by atoms with Crippen molar-refractivity contribution in [2.45, 2.75) is 4.83 Å². The Morgan fingerprint density at radius 3 is 2.62 bits per heavy atom. The smallest absolute Gasteiger partial charge is 0.320 e. The first-order valence-corrected chi connectivity index (χ1v) is 4.66. The van der Waals surface area contributed by atoms with Crippen LogP contribution in [0, 0.1) is 0 Å². The molecule has 1 rings (SSSR count). The van der Waals surface area contributed by atoms with Crippen molar-refractivity contribution < 1.29 is 14.6 Å². The summed E-state index contributed by atoms with van der Waals surface area (Å²) in [5.74, 6) is -0.246. The molecule has 1 N–H and O–H groups in total. The lowest BCUT2D eigenvalue weighted by Crippen LogP contribution is -2.20. The third kappa shape index (κ3) is 3.46.